The van der Waals surface area contributed by atoms with Crippen molar-refractivity contribution in [3.63, 3.8) is 0 Å². The molecule has 0 aliphatic heterocycles. The summed E-state index contributed by atoms with van der Waals surface area (Å²) in [6.45, 7) is 2.28. The number of rotatable bonds is 20. The lowest BCUT2D eigenvalue weighted by atomic mass is 9.68. The van der Waals surface area contributed by atoms with Crippen LogP contribution in [0.15, 0.2) is 176 Å². The summed E-state index contributed by atoms with van der Waals surface area (Å²) in [7, 11) is 0. The van der Waals surface area contributed by atoms with Crippen LogP contribution in [0, 0.1) is 128 Å². The van der Waals surface area contributed by atoms with Crippen LogP contribution in [-0.2, 0) is 18.3 Å². The molecule has 5 saturated carbocycles. The molecule has 0 N–H and O–H groups in total. The fourth-order valence-corrected chi connectivity index (χ4v) is 17.9. The molecule has 0 unspecified atom stereocenters. The quantitative estimate of drug-likeness (QED) is 0.0432. The van der Waals surface area contributed by atoms with Gasteiger partial charge in [0.1, 0.15) is 74.7 Å². The molecule has 5 fully saturated rings. The molecule has 0 bridgehead atoms. The first-order chi connectivity index (χ1) is 60.9. The molecule has 3 nitrogen and oxygen atoms in total. The van der Waals surface area contributed by atoms with Gasteiger partial charge in [-0.15, -0.1) is 0 Å². The van der Waals surface area contributed by atoms with Gasteiger partial charge in [0.25, 0.3) is 0 Å². The van der Waals surface area contributed by atoms with Crippen molar-refractivity contribution >= 4 is 0 Å². The third-order valence-corrected chi connectivity index (χ3v) is 24.9. The first kappa shape index (κ1) is 94.7. The van der Waals surface area contributed by atoms with Crippen molar-refractivity contribution in [1.82, 2.24) is 0 Å². The maximum absolute atomic E-state index is 14.8. The van der Waals surface area contributed by atoms with Crippen LogP contribution < -0.4 is 14.2 Å². The highest BCUT2D eigenvalue weighted by Gasteiger charge is 2.45. The van der Waals surface area contributed by atoms with Gasteiger partial charge in [-0.2, -0.15) is 26.3 Å². The predicted molar refractivity (Wildman–Crippen MR) is 433 cm³/mol. The maximum Gasteiger partial charge on any atom is 0.432 e. The Morgan fingerprint density at radius 2 is 0.484 bits per heavy atom. The van der Waals surface area contributed by atoms with E-state index in [1.165, 1.54) is 70.3 Å². The smallest absolute Gasteiger partial charge is 0.429 e. The molecule has 11 aromatic rings. The Bertz CT molecular complexity index is 5550. The van der Waals surface area contributed by atoms with Crippen molar-refractivity contribution in [2.24, 2.45) is 17.8 Å². The average Bonchev–Trinajstić information content (AvgIpc) is 0.811. The van der Waals surface area contributed by atoms with Gasteiger partial charge in [0, 0.05) is 42.0 Å². The van der Waals surface area contributed by atoms with Crippen LogP contribution in [0.1, 0.15) is 217 Å². The van der Waals surface area contributed by atoms with Gasteiger partial charge in [0.05, 0.1) is 0 Å². The summed E-state index contributed by atoms with van der Waals surface area (Å²) in [6.07, 6.45) is 13.5. The molecule has 0 heterocycles. The lowest BCUT2D eigenvalue weighted by Crippen LogP contribution is -2.25. The molecule has 0 amide bonds. The van der Waals surface area contributed by atoms with E-state index in [1.54, 1.807) is 42.5 Å². The van der Waals surface area contributed by atoms with Gasteiger partial charge >= 0.3 is 18.3 Å². The zero-order valence-corrected chi connectivity index (χ0v) is 68.7. The molecule has 5 aliphatic carbocycles. The lowest BCUT2D eigenvalue weighted by molar-refractivity contribution is -0.190. The van der Waals surface area contributed by atoms with Crippen LogP contribution in [0.5, 0.6) is 17.2 Å². The SMILES string of the molecule is CCCC1CCC(C2CCC(c3ccc(-c4cc(F)c(F)c(F)c4)c(F)c3)CC2)CC1.Fc1cc(OC(F)(F)c2c(F)cc(-c3ccc(C4CCC4)cc3)cc2F)cc(F)c1F.Fc1cc(OC(F)(F)c2c(F)cc(-c3ccc(C4CCCC4)cc3)cc2F)cc(F)c1F.Fc1cc(OC(F)(F)c2c(F)cc(-c3ccc(C4CCCCCC4)cc3)cc2F)cc(F)c1F. The fourth-order valence-electron chi connectivity index (χ4n) is 17.9. The molecule has 16 rings (SSSR count). The summed E-state index contributed by atoms with van der Waals surface area (Å²) >= 11 is 0. The molecular weight excluding hydrogens is 1720 g/mol. The largest absolute Gasteiger partial charge is 0.432 e. The summed E-state index contributed by atoms with van der Waals surface area (Å²) < 4.78 is 360. The second-order valence-corrected chi connectivity index (χ2v) is 33.2. The highest BCUT2D eigenvalue weighted by Crippen LogP contribution is 2.48. The Balaban J connectivity index is 0.000000146. The van der Waals surface area contributed by atoms with Crippen molar-refractivity contribution in [2.45, 2.75) is 197 Å². The monoisotopic (exact) mass is 1810 g/mol. The van der Waals surface area contributed by atoms with Gasteiger partial charge in [-0.25, -0.2) is 83.4 Å². The van der Waals surface area contributed by atoms with E-state index in [9.17, 15) is 110 Å². The normalized spacial score (nSPS) is 17.7. The van der Waals surface area contributed by atoms with Gasteiger partial charge in [0.15, 0.2) is 69.8 Å². The molecule has 0 saturated heterocycles. The fraction of sp³-hybridized carbons (Fsp3) is 0.340. The highest BCUT2D eigenvalue weighted by atomic mass is 19.3. The van der Waals surface area contributed by atoms with E-state index >= 15 is 0 Å². The Morgan fingerprint density at radius 1 is 0.234 bits per heavy atom. The Labute approximate surface area is 722 Å². The number of halogens is 25. The lowest BCUT2D eigenvalue weighted by Gasteiger charge is -2.38. The third-order valence-electron chi connectivity index (χ3n) is 24.9. The van der Waals surface area contributed by atoms with Crippen molar-refractivity contribution in [3.05, 3.63) is 325 Å². The van der Waals surface area contributed by atoms with E-state index in [2.05, 4.69) is 21.1 Å². The van der Waals surface area contributed by atoms with Gasteiger partial charge in [0.2, 0.25) is 0 Å². The summed E-state index contributed by atoms with van der Waals surface area (Å²) in [5.74, 6) is -29.8. The maximum atomic E-state index is 14.8. The Morgan fingerprint density at radius 3 is 0.758 bits per heavy atom. The number of ether oxygens (including phenoxy) is 3. The van der Waals surface area contributed by atoms with Gasteiger partial charge < -0.3 is 14.2 Å². The van der Waals surface area contributed by atoms with Gasteiger partial charge in [-0.05, 0) is 234 Å². The molecule has 128 heavy (non-hydrogen) atoms. The molecule has 678 valence electrons. The number of hydrogen-bond donors (Lipinski definition) is 0. The van der Waals surface area contributed by atoms with Crippen molar-refractivity contribution in [1.29, 1.82) is 0 Å². The molecule has 28 heteroatoms. The van der Waals surface area contributed by atoms with Gasteiger partial charge in [-0.3, -0.25) is 0 Å². The summed E-state index contributed by atoms with van der Waals surface area (Å²) in [6, 6.07) is 33.1. The minimum absolute atomic E-state index is 0.0165. The van der Waals surface area contributed by atoms with E-state index < -0.39 is 163 Å². The molecular formula is C100H85F25O3. The molecule has 0 atom stereocenters. The van der Waals surface area contributed by atoms with Crippen LogP contribution in [0.4, 0.5) is 110 Å². The number of hydrogen-bond acceptors (Lipinski definition) is 3. The zero-order valence-electron chi connectivity index (χ0n) is 68.7. The minimum Gasteiger partial charge on any atom is -0.429 e. The summed E-state index contributed by atoms with van der Waals surface area (Å²) in [5, 5.41) is 0. The standard InChI is InChI=1S/C27H32F4.C26H21F7O.C24H17F7O.C23H15F7O/c1-2-3-17-4-6-18(7-5-17)19-8-10-20(11-9-19)21-12-13-23(24(28)14-21)22-15-25(29)27(31)26(30)16-22;27-20-11-18(17-9-7-16(8-10-17)15-5-3-1-2-4-6-15)12-21(28)24(20)26(32,33)34-19-13-22(29)25(31)23(30)14-19;25-18-9-16(15-7-5-14(6-8-15)13-3-1-2-4-13)10-19(26)22(18)24(30,31)32-17-11-20(27)23(29)21(28)12-17;24-17-8-15(14-6-4-13(5-7-14)12-2-1-3-12)9-18(25)21(17)23(29,30)31-16-10-19(26)22(28)20(27)11-16/h12-20H,2-11H2,1H3;7-15H,1-6H2;5-13H,1-4H2;4-12H,1-3H2. The third kappa shape index (κ3) is 22.5. The second-order valence-electron chi connectivity index (χ2n) is 33.2. The van der Waals surface area contributed by atoms with Crippen LogP contribution in [0.3, 0.4) is 0 Å². The summed E-state index contributed by atoms with van der Waals surface area (Å²) in [5.41, 5.74) is 0.645. The first-order valence-electron chi connectivity index (χ1n) is 42.3. The average molecular weight is 1810 g/mol. The van der Waals surface area contributed by atoms with E-state index in [0.717, 1.165) is 172 Å². The molecule has 0 spiro atoms. The van der Waals surface area contributed by atoms with Gasteiger partial charge in [-0.1, -0.05) is 162 Å². The van der Waals surface area contributed by atoms with Crippen LogP contribution in [0.2, 0.25) is 0 Å². The van der Waals surface area contributed by atoms with Crippen LogP contribution in [0.25, 0.3) is 44.5 Å². The molecule has 0 radical (unpaired) electrons. The number of benzene rings is 11. The Kier molecular flexibility index (Phi) is 30.2. The van der Waals surface area contributed by atoms with E-state index in [-0.39, 0.29) is 64.2 Å². The van der Waals surface area contributed by atoms with E-state index in [1.807, 2.05) is 42.5 Å². The topological polar surface area (TPSA) is 27.7 Å². The van der Waals surface area contributed by atoms with Crippen LogP contribution >= 0.6 is 0 Å². The van der Waals surface area contributed by atoms with E-state index in [0.29, 0.717) is 40.4 Å². The van der Waals surface area contributed by atoms with Crippen molar-refractivity contribution in [2.75, 3.05) is 0 Å². The Hall–Kier alpha value is -10.9. The predicted octanol–water partition coefficient (Wildman–Crippen LogP) is 32.7. The zero-order chi connectivity index (χ0) is 91.8. The summed E-state index contributed by atoms with van der Waals surface area (Å²) in [4.78, 5) is 0. The molecule has 0 aromatic heterocycles. The van der Waals surface area contributed by atoms with Crippen LogP contribution in [-0.4, -0.2) is 0 Å². The van der Waals surface area contributed by atoms with E-state index in [4.69, 9.17) is 0 Å². The molecule has 11 aromatic carbocycles. The second kappa shape index (κ2) is 40.8. The first-order valence-corrected chi connectivity index (χ1v) is 42.3. The molecule has 5 aliphatic rings. The highest BCUT2D eigenvalue weighted by molar-refractivity contribution is 5.68. The minimum atomic E-state index is -4.62. The van der Waals surface area contributed by atoms with Crippen molar-refractivity contribution in [3.8, 4) is 61.8 Å². The van der Waals surface area contributed by atoms with Crippen molar-refractivity contribution < 1.29 is 124 Å². The number of alkyl halides is 6.